The number of hydrogen-bond acceptors (Lipinski definition) is 5. The molecule has 2 aromatic rings. The van der Waals surface area contributed by atoms with Crippen LogP contribution >= 0.6 is 0 Å². The van der Waals surface area contributed by atoms with Gasteiger partial charge >= 0.3 is 0 Å². The molecule has 6 nitrogen and oxygen atoms in total. The Hall–Kier alpha value is -2.89. The molecule has 0 N–H and O–H groups in total. The van der Waals surface area contributed by atoms with E-state index in [1.54, 1.807) is 26.2 Å². The third kappa shape index (κ3) is 4.18. The molecular formula is C24H31NO5. The Balaban J connectivity index is 2.08. The number of amides is 1. The molecule has 0 heterocycles. The molecule has 0 saturated heterocycles. The summed E-state index contributed by atoms with van der Waals surface area (Å²) in [4.78, 5) is 13.5. The molecule has 162 valence electrons. The summed E-state index contributed by atoms with van der Waals surface area (Å²) in [6.07, 6.45) is 2.72. The van der Waals surface area contributed by atoms with Crippen LogP contribution in [0.25, 0.3) is 0 Å². The lowest BCUT2D eigenvalue weighted by Gasteiger charge is -2.38. The van der Waals surface area contributed by atoms with Gasteiger partial charge in [0.1, 0.15) is 0 Å². The molecule has 1 aliphatic rings. The minimum Gasteiger partial charge on any atom is -0.493 e. The van der Waals surface area contributed by atoms with Gasteiger partial charge in [-0.15, -0.1) is 0 Å². The molecule has 30 heavy (non-hydrogen) atoms. The molecule has 1 aliphatic carbocycles. The van der Waals surface area contributed by atoms with Crippen LogP contribution in [0.2, 0.25) is 0 Å². The van der Waals surface area contributed by atoms with Gasteiger partial charge in [0, 0.05) is 13.0 Å². The highest BCUT2D eigenvalue weighted by Gasteiger charge is 2.35. The number of hydrogen-bond donors (Lipinski definition) is 0. The molecule has 2 atom stereocenters. The van der Waals surface area contributed by atoms with Crippen LogP contribution in [0.3, 0.4) is 0 Å². The number of ether oxygens (including phenoxy) is 4. The smallest absolute Gasteiger partial charge is 0.209 e. The molecule has 1 amide bonds. The second kappa shape index (κ2) is 9.28. The van der Waals surface area contributed by atoms with Crippen LogP contribution in [0.4, 0.5) is 0 Å². The average Bonchev–Trinajstić information content (AvgIpc) is 2.76. The lowest BCUT2D eigenvalue weighted by atomic mass is 9.75. The highest BCUT2D eigenvalue weighted by atomic mass is 16.5. The summed E-state index contributed by atoms with van der Waals surface area (Å²) in [5.74, 6) is 2.92. The zero-order valence-corrected chi connectivity index (χ0v) is 18.6. The van der Waals surface area contributed by atoms with Crippen molar-refractivity contribution in [3.05, 3.63) is 47.0 Å². The van der Waals surface area contributed by atoms with Gasteiger partial charge < -0.3 is 23.8 Å². The van der Waals surface area contributed by atoms with E-state index in [2.05, 4.69) is 12.1 Å². The minimum atomic E-state index is -0.119. The van der Waals surface area contributed by atoms with E-state index >= 15 is 0 Å². The van der Waals surface area contributed by atoms with Crippen molar-refractivity contribution in [2.75, 3.05) is 28.4 Å². The van der Waals surface area contributed by atoms with Crippen LogP contribution in [-0.2, 0) is 11.2 Å². The Morgan fingerprint density at radius 2 is 1.63 bits per heavy atom. The zero-order valence-electron chi connectivity index (χ0n) is 18.6. The van der Waals surface area contributed by atoms with E-state index in [1.807, 2.05) is 39.1 Å². The van der Waals surface area contributed by atoms with E-state index in [1.165, 1.54) is 5.56 Å². The first-order valence-corrected chi connectivity index (χ1v) is 10.2. The lowest BCUT2D eigenvalue weighted by molar-refractivity contribution is -0.119. The molecule has 0 aromatic heterocycles. The first kappa shape index (κ1) is 21.8. The highest BCUT2D eigenvalue weighted by Crippen LogP contribution is 2.48. The van der Waals surface area contributed by atoms with Crippen LogP contribution in [0.1, 0.15) is 48.9 Å². The maximum absolute atomic E-state index is 11.8. The van der Waals surface area contributed by atoms with Crippen molar-refractivity contribution in [2.24, 2.45) is 0 Å². The fourth-order valence-corrected chi connectivity index (χ4v) is 4.30. The molecule has 6 heteroatoms. The number of aryl methyl sites for hydroxylation is 1. The Kier molecular flexibility index (Phi) is 6.75. The van der Waals surface area contributed by atoms with Gasteiger partial charge in [0.25, 0.3) is 0 Å². The fourth-order valence-electron chi connectivity index (χ4n) is 4.30. The zero-order chi connectivity index (χ0) is 21.8. The van der Waals surface area contributed by atoms with E-state index < -0.39 is 0 Å². The second-order valence-electron chi connectivity index (χ2n) is 7.84. The third-order valence-corrected chi connectivity index (χ3v) is 5.65. The Labute approximate surface area is 178 Å². The number of fused-ring (bicyclic) bond motifs is 1. The molecule has 0 saturated carbocycles. The Bertz CT molecular complexity index is 895. The molecule has 2 aromatic carbocycles. The highest BCUT2D eigenvalue weighted by molar-refractivity contribution is 5.55. The molecular weight excluding hydrogens is 382 g/mol. The first-order valence-electron chi connectivity index (χ1n) is 10.2. The third-order valence-electron chi connectivity index (χ3n) is 5.65. The summed E-state index contributed by atoms with van der Waals surface area (Å²) >= 11 is 0. The van der Waals surface area contributed by atoms with Crippen molar-refractivity contribution in [2.45, 2.75) is 44.8 Å². The van der Waals surface area contributed by atoms with E-state index in [0.29, 0.717) is 17.2 Å². The summed E-state index contributed by atoms with van der Waals surface area (Å²) in [5.41, 5.74) is 3.38. The van der Waals surface area contributed by atoms with Gasteiger partial charge in [-0.05, 0) is 67.6 Å². The van der Waals surface area contributed by atoms with Gasteiger partial charge in [0.2, 0.25) is 6.41 Å². The number of rotatable bonds is 8. The fraction of sp³-hybridized carbons (Fsp3) is 0.458. The van der Waals surface area contributed by atoms with Crippen LogP contribution in [0.5, 0.6) is 23.0 Å². The van der Waals surface area contributed by atoms with E-state index in [0.717, 1.165) is 36.1 Å². The SMILES string of the molecule is COc1ccc(C2CCc3cc(OC(C)C)c(OC)cc3C2N(C)C=O)cc1OC. The monoisotopic (exact) mass is 413 g/mol. The number of benzene rings is 2. The molecule has 0 radical (unpaired) electrons. The Morgan fingerprint density at radius 1 is 0.967 bits per heavy atom. The first-order chi connectivity index (χ1) is 14.4. The van der Waals surface area contributed by atoms with Gasteiger partial charge in [-0.25, -0.2) is 0 Å². The largest absolute Gasteiger partial charge is 0.493 e. The van der Waals surface area contributed by atoms with Crippen LogP contribution < -0.4 is 18.9 Å². The van der Waals surface area contributed by atoms with Crippen molar-refractivity contribution >= 4 is 6.41 Å². The van der Waals surface area contributed by atoms with Crippen molar-refractivity contribution in [3.8, 4) is 23.0 Å². The van der Waals surface area contributed by atoms with E-state index in [-0.39, 0.29) is 18.1 Å². The maximum Gasteiger partial charge on any atom is 0.209 e. The second-order valence-corrected chi connectivity index (χ2v) is 7.84. The van der Waals surface area contributed by atoms with Crippen molar-refractivity contribution in [1.82, 2.24) is 4.90 Å². The van der Waals surface area contributed by atoms with Gasteiger partial charge in [-0.1, -0.05) is 6.07 Å². The minimum absolute atomic E-state index is 0.0495. The summed E-state index contributed by atoms with van der Waals surface area (Å²) in [6, 6.07) is 9.94. The summed E-state index contributed by atoms with van der Waals surface area (Å²) in [7, 11) is 6.72. The van der Waals surface area contributed by atoms with Crippen LogP contribution in [0.15, 0.2) is 30.3 Å². The molecule has 3 rings (SSSR count). The summed E-state index contributed by atoms with van der Waals surface area (Å²) < 4.78 is 22.5. The van der Waals surface area contributed by atoms with Gasteiger partial charge in [0.05, 0.1) is 33.5 Å². The predicted molar refractivity (Wildman–Crippen MR) is 116 cm³/mol. The van der Waals surface area contributed by atoms with E-state index in [9.17, 15) is 4.79 Å². The number of methoxy groups -OCH3 is 3. The molecule has 0 bridgehead atoms. The maximum atomic E-state index is 11.8. The summed E-state index contributed by atoms with van der Waals surface area (Å²) in [5, 5.41) is 0. The standard InChI is InChI=1S/C24H31NO5/c1-15(2)30-23-12-17-7-9-18(16-8-10-20(27-4)21(11-16)28-5)24(25(3)14-26)19(17)13-22(23)29-6/h8,10-15,18,24H,7,9H2,1-6H3. The van der Waals surface area contributed by atoms with Gasteiger partial charge in [-0.2, -0.15) is 0 Å². The Morgan fingerprint density at radius 3 is 2.23 bits per heavy atom. The molecule has 0 fully saturated rings. The average molecular weight is 414 g/mol. The normalized spacial score (nSPS) is 17.8. The summed E-state index contributed by atoms with van der Waals surface area (Å²) in [6.45, 7) is 3.99. The quantitative estimate of drug-likeness (QED) is 0.602. The van der Waals surface area contributed by atoms with Gasteiger partial charge in [0.15, 0.2) is 23.0 Å². The van der Waals surface area contributed by atoms with Crippen LogP contribution in [-0.4, -0.2) is 45.8 Å². The topological polar surface area (TPSA) is 57.2 Å². The molecule has 0 aliphatic heterocycles. The molecule has 2 unspecified atom stereocenters. The van der Waals surface area contributed by atoms with Crippen molar-refractivity contribution in [1.29, 1.82) is 0 Å². The van der Waals surface area contributed by atoms with Gasteiger partial charge in [-0.3, -0.25) is 4.79 Å². The van der Waals surface area contributed by atoms with Crippen molar-refractivity contribution < 1.29 is 23.7 Å². The number of carbonyl (C=O) groups excluding carboxylic acids is 1. The van der Waals surface area contributed by atoms with Crippen LogP contribution in [0, 0.1) is 0 Å². The number of carbonyl (C=O) groups is 1. The van der Waals surface area contributed by atoms with E-state index in [4.69, 9.17) is 18.9 Å². The lowest BCUT2D eigenvalue weighted by Crippen LogP contribution is -2.32. The molecule has 0 spiro atoms. The van der Waals surface area contributed by atoms with Crippen molar-refractivity contribution in [3.63, 3.8) is 0 Å². The number of likely N-dealkylation sites (N-methyl/N-ethyl adjacent to an activating group) is 1. The predicted octanol–water partition coefficient (Wildman–Crippen LogP) is 4.36. The number of nitrogens with zero attached hydrogens (tertiary/aromatic N) is 1.